The van der Waals surface area contributed by atoms with E-state index in [-0.39, 0.29) is 5.91 Å². The Hall–Kier alpha value is -1.50. The van der Waals surface area contributed by atoms with E-state index in [2.05, 4.69) is 34.7 Å². The molecule has 0 bridgehead atoms. The lowest BCUT2D eigenvalue weighted by molar-refractivity contribution is -0.128. The Bertz CT molecular complexity index is 725. The summed E-state index contributed by atoms with van der Waals surface area (Å²) in [5.41, 5.74) is 1.20. The zero-order valence-corrected chi connectivity index (χ0v) is 16.1. The minimum atomic E-state index is 0.179. The van der Waals surface area contributed by atoms with E-state index in [0.717, 1.165) is 32.8 Å². The Labute approximate surface area is 153 Å². The van der Waals surface area contributed by atoms with Crippen LogP contribution in [0.2, 0.25) is 0 Å². The van der Waals surface area contributed by atoms with Gasteiger partial charge in [0.1, 0.15) is 0 Å². The van der Waals surface area contributed by atoms with Crippen molar-refractivity contribution in [3.8, 4) is 0 Å². The predicted octanol–water partition coefficient (Wildman–Crippen LogP) is 2.45. The van der Waals surface area contributed by atoms with Crippen molar-refractivity contribution in [3.05, 3.63) is 30.5 Å². The van der Waals surface area contributed by atoms with Crippen molar-refractivity contribution in [1.82, 2.24) is 14.4 Å². The Morgan fingerprint density at radius 1 is 1.32 bits per heavy atom. The van der Waals surface area contributed by atoms with Gasteiger partial charge in [0.05, 0.1) is 19.0 Å². The van der Waals surface area contributed by atoms with Crippen LogP contribution in [0, 0.1) is 0 Å². The highest BCUT2D eigenvalue weighted by molar-refractivity contribution is 8.00. The summed E-state index contributed by atoms with van der Waals surface area (Å²) in [7, 11) is 3.95. The maximum Gasteiger partial charge on any atom is 0.232 e. The van der Waals surface area contributed by atoms with E-state index >= 15 is 0 Å². The molecule has 1 amide bonds. The molecule has 25 heavy (non-hydrogen) atoms. The van der Waals surface area contributed by atoms with E-state index in [1.807, 2.05) is 31.1 Å². The number of likely N-dealkylation sites (N-methyl/N-ethyl adjacent to an activating group) is 1. The van der Waals surface area contributed by atoms with Crippen LogP contribution < -0.4 is 0 Å². The summed E-state index contributed by atoms with van der Waals surface area (Å²) in [5, 5.41) is 1.21. The first-order chi connectivity index (χ1) is 12.1. The van der Waals surface area contributed by atoms with E-state index in [1.54, 1.807) is 11.8 Å². The average Bonchev–Trinajstić information content (AvgIpc) is 2.96. The van der Waals surface area contributed by atoms with Crippen LogP contribution in [0.3, 0.4) is 0 Å². The number of para-hydroxylation sites is 1. The molecule has 1 aliphatic rings. The minimum absolute atomic E-state index is 0.179. The smallest absolute Gasteiger partial charge is 0.232 e. The van der Waals surface area contributed by atoms with Gasteiger partial charge in [-0.05, 0) is 13.0 Å². The fourth-order valence-corrected chi connectivity index (χ4v) is 4.36. The number of aryl methyl sites for hydroxylation is 1. The number of amides is 1. The van der Waals surface area contributed by atoms with Crippen molar-refractivity contribution in [2.75, 3.05) is 45.6 Å². The number of hydrogen-bond donors (Lipinski definition) is 0. The molecule has 0 saturated carbocycles. The van der Waals surface area contributed by atoms with Crippen LogP contribution in [-0.2, 0) is 16.6 Å². The number of carbonyl (C=O) groups excluding carboxylic acids is 1. The second-order valence-electron chi connectivity index (χ2n) is 6.68. The molecule has 0 aliphatic carbocycles. The molecule has 1 aliphatic heterocycles. The van der Waals surface area contributed by atoms with Crippen LogP contribution >= 0.6 is 11.8 Å². The van der Waals surface area contributed by atoms with E-state index in [4.69, 9.17) is 4.74 Å². The van der Waals surface area contributed by atoms with Gasteiger partial charge in [-0.25, -0.2) is 0 Å². The normalized spacial score (nSPS) is 16.9. The Morgan fingerprint density at radius 2 is 2.04 bits per heavy atom. The number of carbonyl (C=O) groups is 1. The Morgan fingerprint density at radius 3 is 2.80 bits per heavy atom. The van der Waals surface area contributed by atoms with Crippen molar-refractivity contribution < 1.29 is 9.53 Å². The van der Waals surface area contributed by atoms with Gasteiger partial charge in [0.15, 0.2) is 0 Å². The molecule has 0 N–H and O–H groups in total. The SMILES string of the molecule is C[C@@H](CN(C)C(=O)CSc1cn(C)c2ccccc12)N1CCOCC1. The van der Waals surface area contributed by atoms with Gasteiger partial charge in [0.2, 0.25) is 5.91 Å². The van der Waals surface area contributed by atoms with E-state index in [9.17, 15) is 4.79 Å². The minimum Gasteiger partial charge on any atom is -0.379 e. The van der Waals surface area contributed by atoms with Gasteiger partial charge in [-0.15, -0.1) is 11.8 Å². The lowest BCUT2D eigenvalue weighted by Gasteiger charge is -2.34. The number of aromatic nitrogens is 1. The molecule has 1 atom stereocenters. The maximum atomic E-state index is 12.5. The molecule has 1 saturated heterocycles. The molecule has 0 radical (unpaired) electrons. The largest absolute Gasteiger partial charge is 0.379 e. The number of morpholine rings is 1. The first kappa shape index (κ1) is 18.3. The molecule has 0 spiro atoms. The van der Waals surface area contributed by atoms with E-state index < -0.39 is 0 Å². The second-order valence-corrected chi connectivity index (χ2v) is 7.70. The fraction of sp³-hybridized carbons (Fsp3) is 0.526. The number of nitrogens with zero attached hydrogens (tertiary/aromatic N) is 3. The van der Waals surface area contributed by atoms with Crippen molar-refractivity contribution in [2.45, 2.75) is 17.9 Å². The summed E-state index contributed by atoms with van der Waals surface area (Å²) in [6, 6.07) is 8.68. The third-order valence-corrected chi connectivity index (χ3v) is 5.87. The lowest BCUT2D eigenvalue weighted by atomic mass is 10.2. The number of thioether (sulfide) groups is 1. The number of rotatable bonds is 6. The van der Waals surface area contributed by atoms with Gasteiger partial charge < -0.3 is 14.2 Å². The monoisotopic (exact) mass is 361 g/mol. The van der Waals surface area contributed by atoms with Crippen molar-refractivity contribution in [2.24, 2.45) is 7.05 Å². The first-order valence-corrected chi connectivity index (χ1v) is 9.77. The lowest BCUT2D eigenvalue weighted by Crippen LogP contribution is -2.48. The van der Waals surface area contributed by atoms with Gasteiger partial charge in [-0.3, -0.25) is 9.69 Å². The molecule has 3 rings (SSSR count). The molecule has 136 valence electrons. The topological polar surface area (TPSA) is 37.7 Å². The Kier molecular flexibility index (Phi) is 6.04. The molecular weight excluding hydrogens is 334 g/mol. The van der Waals surface area contributed by atoms with Crippen molar-refractivity contribution >= 4 is 28.6 Å². The summed E-state index contributed by atoms with van der Waals surface area (Å²) < 4.78 is 7.52. The van der Waals surface area contributed by atoms with Crippen LogP contribution in [0.25, 0.3) is 10.9 Å². The summed E-state index contributed by atoms with van der Waals surface area (Å²) in [5.74, 6) is 0.651. The second kappa shape index (κ2) is 8.25. The summed E-state index contributed by atoms with van der Waals surface area (Å²) in [6.45, 7) is 6.43. The van der Waals surface area contributed by atoms with Crippen molar-refractivity contribution in [3.63, 3.8) is 0 Å². The van der Waals surface area contributed by atoms with Crippen molar-refractivity contribution in [1.29, 1.82) is 0 Å². The zero-order chi connectivity index (χ0) is 17.8. The standard InChI is InChI=1S/C19H27N3O2S/c1-15(22-8-10-24-11-9-22)12-21(3)19(23)14-25-18-13-20(2)17-7-5-4-6-16(17)18/h4-7,13,15H,8-12,14H2,1-3H3/t15-/m0/s1. The van der Waals surface area contributed by atoms with Crippen LogP contribution in [0.1, 0.15) is 6.92 Å². The van der Waals surface area contributed by atoms with Crippen LogP contribution in [0.4, 0.5) is 0 Å². The predicted molar refractivity (Wildman–Crippen MR) is 103 cm³/mol. The first-order valence-electron chi connectivity index (χ1n) is 8.79. The number of ether oxygens (including phenoxy) is 1. The van der Waals surface area contributed by atoms with Crippen LogP contribution in [-0.4, -0.2) is 72.0 Å². The summed E-state index contributed by atoms with van der Waals surface area (Å²) in [4.78, 5) is 18.0. The van der Waals surface area contributed by atoms with Gasteiger partial charge in [-0.1, -0.05) is 18.2 Å². The van der Waals surface area contributed by atoms with Gasteiger partial charge in [0, 0.05) is 61.8 Å². The average molecular weight is 362 g/mol. The third kappa shape index (κ3) is 4.37. The molecule has 5 nitrogen and oxygen atoms in total. The fourth-order valence-electron chi connectivity index (χ4n) is 3.30. The zero-order valence-electron chi connectivity index (χ0n) is 15.3. The third-order valence-electron chi connectivity index (χ3n) is 4.84. The maximum absolute atomic E-state index is 12.5. The van der Waals surface area contributed by atoms with Gasteiger partial charge >= 0.3 is 0 Å². The molecular formula is C19H27N3O2S. The van der Waals surface area contributed by atoms with Crippen LogP contribution in [0.5, 0.6) is 0 Å². The quantitative estimate of drug-likeness (QED) is 0.741. The van der Waals surface area contributed by atoms with Gasteiger partial charge in [0.25, 0.3) is 0 Å². The summed E-state index contributed by atoms with van der Waals surface area (Å²) in [6.07, 6.45) is 2.11. The molecule has 1 fully saturated rings. The molecule has 2 aromatic rings. The molecule has 0 unspecified atom stereocenters. The number of benzene rings is 1. The van der Waals surface area contributed by atoms with Gasteiger partial charge in [-0.2, -0.15) is 0 Å². The highest BCUT2D eigenvalue weighted by Crippen LogP contribution is 2.29. The number of fused-ring (bicyclic) bond motifs is 1. The number of hydrogen-bond acceptors (Lipinski definition) is 4. The molecule has 2 heterocycles. The molecule has 1 aromatic carbocycles. The van der Waals surface area contributed by atoms with E-state index in [0.29, 0.717) is 11.8 Å². The van der Waals surface area contributed by atoms with Crippen LogP contribution in [0.15, 0.2) is 35.4 Å². The highest BCUT2D eigenvalue weighted by Gasteiger charge is 2.20. The highest BCUT2D eigenvalue weighted by atomic mass is 32.2. The Balaban J connectivity index is 1.54. The molecule has 6 heteroatoms. The summed E-state index contributed by atoms with van der Waals surface area (Å²) >= 11 is 1.62. The van der Waals surface area contributed by atoms with E-state index in [1.165, 1.54) is 15.8 Å². The molecule has 1 aromatic heterocycles.